The molecule has 2 heteroatoms. The van der Waals surface area contributed by atoms with Crippen molar-refractivity contribution in [3.05, 3.63) is 314 Å². The fourth-order valence-electron chi connectivity index (χ4n) is 10.3. The molecule has 0 aliphatic heterocycles. The maximum Gasteiger partial charge on any atom is 0.0638 e. The minimum atomic E-state index is -1.02. The third-order valence-electron chi connectivity index (χ3n) is 13.9. The van der Waals surface area contributed by atoms with E-state index in [1.54, 1.807) is 0 Å². The van der Waals surface area contributed by atoms with Crippen LogP contribution in [-0.4, -0.2) is 0 Å². The molecule has 16 aromatic carbocycles. The Kier molecular flexibility index (Phi) is 4.90. The van der Waals surface area contributed by atoms with Gasteiger partial charge in [0.15, 0.2) is 0 Å². The molecule has 0 unspecified atom stereocenters. The fraction of sp³-hybridized carbons (Fsp3) is 0. The first kappa shape index (κ1) is 20.4. The summed E-state index contributed by atoms with van der Waals surface area (Å²) in [5.74, 6) is 0. The number of fused-ring (bicyclic) bond motifs is 12. The van der Waals surface area contributed by atoms with Gasteiger partial charge in [-0.05, 0) is 150 Å². The lowest BCUT2D eigenvalue weighted by Gasteiger charge is -2.19. The molecular formula is C84H52S2. The summed E-state index contributed by atoms with van der Waals surface area (Å²) in [6.45, 7) is 0. The number of rotatable bonds is 6. The first-order chi connectivity index (χ1) is 64.3. The van der Waals surface area contributed by atoms with Crippen LogP contribution in [0.5, 0.6) is 0 Å². The standard InChI is InChI=1S/2C42H26S/c1-2-13-30-27(11-1)12-9-20-33(30)41-36-17-5-3-15-34(36)40(35-16-4-6-18-37(35)41)29-25-23-28(24-26-29)31-19-10-21-38-32-14-7-8-22-39(32)43-42(31)38;1-2-11-30-26-31(25-20-27(30)10-1)41-36-15-5-3-13-34(36)40(35-14-4-6-16-37(35)41)29-23-21-28(22-24-29)32-17-9-18-38-33-12-7-8-19-39(33)43-42(32)38/h2*1-26H/i2*1D,2D,3D,4D,5D,6D,7D,8D,9D,10D,11D,12D,13D,14D,15D,16D,17D,18D,19D,20D,21D,22D,23D,24D,25D,26D. The van der Waals surface area contributed by atoms with Gasteiger partial charge in [-0.25, -0.2) is 0 Å². The van der Waals surface area contributed by atoms with Gasteiger partial charge in [-0.3, -0.25) is 0 Å². The van der Waals surface area contributed by atoms with Crippen LogP contribution in [0, 0.1) is 0 Å². The molecule has 0 bridgehead atoms. The molecule has 0 atom stereocenters. The molecule has 0 aliphatic carbocycles. The first-order valence-corrected chi connectivity index (χ1v) is 26.9. The quantitative estimate of drug-likeness (QED) is 0.146. The van der Waals surface area contributed by atoms with Crippen molar-refractivity contribution < 1.29 is 71.3 Å². The van der Waals surface area contributed by atoms with Gasteiger partial charge >= 0.3 is 0 Å². The van der Waals surface area contributed by atoms with E-state index in [9.17, 15) is 26.0 Å². The molecular weight excluding hydrogens is 1070 g/mol. The molecule has 0 N–H and O–H groups in total. The van der Waals surface area contributed by atoms with E-state index in [0.717, 1.165) is 0 Å². The Morgan fingerprint density at radius 2 is 0.488 bits per heavy atom. The van der Waals surface area contributed by atoms with Crippen LogP contribution in [0.15, 0.2) is 314 Å². The van der Waals surface area contributed by atoms with Crippen molar-refractivity contribution in [2.75, 3.05) is 0 Å². The van der Waals surface area contributed by atoms with Crippen LogP contribution in [0.4, 0.5) is 0 Å². The Balaban J connectivity index is 0.000000191. The summed E-state index contributed by atoms with van der Waals surface area (Å²) in [6.07, 6.45) is 0. The van der Waals surface area contributed by atoms with Gasteiger partial charge in [0.1, 0.15) is 0 Å². The van der Waals surface area contributed by atoms with Crippen LogP contribution in [0.1, 0.15) is 71.3 Å². The molecule has 0 fully saturated rings. The second-order valence-electron chi connectivity index (χ2n) is 18.5. The molecule has 0 amide bonds. The zero-order valence-electron chi connectivity index (χ0n) is 94.8. The predicted molar refractivity (Wildman–Crippen MR) is 376 cm³/mol. The normalized spacial score (nSPS) is 20.2. The highest BCUT2D eigenvalue weighted by Gasteiger charge is 2.21. The van der Waals surface area contributed by atoms with Crippen molar-refractivity contribution in [2.24, 2.45) is 0 Å². The molecule has 0 saturated heterocycles. The van der Waals surface area contributed by atoms with Crippen LogP contribution in [-0.2, 0) is 0 Å². The molecule has 18 aromatic rings. The van der Waals surface area contributed by atoms with Gasteiger partial charge in [-0.15, -0.1) is 22.7 Å². The molecule has 86 heavy (non-hydrogen) atoms. The van der Waals surface area contributed by atoms with Gasteiger partial charge in [0, 0.05) is 40.3 Å². The van der Waals surface area contributed by atoms with E-state index < -0.39 is 446 Å². The lowest BCUT2D eigenvalue weighted by molar-refractivity contribution is 1.64. The first-order valence-electron chi connectivity index (χ1n) is 51.3. The van der Waals surface area contributed by atoms with E-state index in [4.69, 9.17) is 45.2 Å². The van der Waals surface area contributed by atoms with Gasteiger partial charge in [0.05, 0.1) is 71.3 Å². The van der Waals surface area contributed by atoms with Gasteiger partial charge in [0.25, 0.3) is 0 Å². The van der Waals surface area contributed by atoms with E-state index in [1.807, 2.05) is 0 Å². The highest BCUT2D eigenvalue weighted by Crippen LogP contribution is 2.49. The number of thiophene rings is 2. The zero-order valence-corrected chi connectivity index (χ0v) is 44.4. The summed E-state index contributed by atoms with van der Waals surface area (Å²) >= 11 is 1.32. The van der Waals surface area contributed by atoms with E-state index in [1.165, 1.54) is 0 Å². The van der Waals surface area contributed by atoms with Crippen LogP contribution in [0.25, 0.3) is 172 Å². The van der Waals surface area contributed by atoms with Crippen LogP contribution < -0.4 is 0 Å². The topological polar surface area (TPSA) is 0 Å². The average Bonchev–Trinajstić information content (AvgIpc) is 1.12. The minimum absolute atomic E-state index is 0.0973. The van der Waals surface area contributed by atoms with Crippen molar-refractivity contribution in [3.8, 4) is 66.8 Å². The molecule has 0 aliphatic rings. The largest absolute Gasteiger partial charge is 0.135 e. The predicted octanol–water partition coefficient (Wildman–Crippen LogP) is 25.0. The highest BCUT2D eigenvalue weighted by atomic mass is 32.1. The van der Waals surface area contributed by atoms with Crippen LogP contribution >= 0.6 is 22.7 Å². The molecule has 0 nitrogen and oxygen atoms in total. The maximum absolute atomic E-state index is 9.58. The molecule has 0 radical (unpaired) electrons. The Hall–Kier alpha value is -10.5. The summed E-state index contributed by atoms with van der Waals surface area (Å²) in [5.41, 5.74) is -8.06. The van der Waals surface area contributed by atoms with Gasteiger partial charge in [-0.2, -0.15) is 0 Å². The second kappa shape index (κ2) is 20.7. The molecule has 18 rings (SSSR count). The molecule has 0 spiro atoms. The lowest BCUT2D eigenvalue weighted by Crippen LogP contribution is -1.91. The second-order valence-corrected chi connectivity index (χ2v) is 20.6. The van der Waals surface area contributed by atoms with Crippen molar-refractivity contribution >= 4 is 128 Å². The van der Waals surface area contributed by atoms with Crippen LogP contribution in [0.2, 0.25) is 0 Å². The summed E-state index contributed by atoms with van der Waals surface area (Å²) in [7, 11) is 0. The average molecular weight is 1180 g/mol. The molecule has 0 saturated carbocycles. The molecule has 2 aromatic heterocycles. The molecule has 2 heterocycles. The van der Waals surface area contributed by atoms with Gasteiger partial charge in [0.2, 0.25) is 0 Å². The van der Waals surface area contributed by atoms with Crippen molar-refractivity contribution in [2.45, 2.75) is 0 Å². The fourth-order valence-corrected chi connectivity index (χ4v) is 12.4. The maximum atomic E-state index is 9.58. The SMILES string of the molecule is [2H]c1c([2H])c(-c2c3c([2H])c([2H])c([2H])c([2H])c3c(-c3c([2H])c([2H])c([2H])c4c([2H])c([2H])c([2H])c([2H])c34)c3c([2H])c([2H])c([2H])c([2H])c23)c([2H])c([2H])c1-c1c([2H])c([2H])c([2H])c2c1sc1c([2H])c([2H])c([2H])c([2H])c12.[2H]c1c([2H])c(-c2c3c([2H])c([2H])c([2H])c([2H])c3c(-c3c([2H])c([2H])c4c([2H])c([2H])c([2H])c([2H])c4c3[2H])c3c([2H])c([2H])c([2H])c([2H])c23)c([2H])c([2H])c1-c1c([2H])c([2H])c([2H])c2c1sc1c([2H])c([2H])c([2H])c([2H])c12. The Morgan fingerprint density at radius 1 is 0.186 bits per heavy atom. The third-order valence-corrected chi connectivity index (χ3v) is 16.2. The number of hydrogen-bond acceptors (Lipinski definition) is 2. The van der Waals surface area contributed by atoms with E-state index in [2.05, 4.69) is 0 Å². The molecule has 400 valence electrons. The monoisotopic (exact) mass is 1180 g/mol. The Bertz CT molecular complexity index is 8710. The van der Waals surface area contributed by atoms with Crippen LogP contribution in [0.3, 0.4) is 0 Å². The highest BCUT2D eigenvalue weighted by molar-refractivity contribution is 7.26. The summed E-state index contributed by atoms with van der Waals surface area (Å²) in [4.78, 5) is 0. The number of hydrogen-bond donors (Lipinski definition) is 0. The third kappa shape index (κ3) is 8.25. The van der Waals surface area contributed by atoms with E-state index >= 15 is 0 Å². The summed E-state index contributed by atoms with van der Waals surface area (Å²) in [6, 6.07) is -44.7. The zero-order chi connectivity index (χ0) is 102. The van der Waals surface area contributed by atoms with Crippen molar-refractivity contribution in [3.63, 3.8) is 0 Å². The number of benzene rings is 16. The minimum Gasteiger partial charge on any atom is -0.135 e. The lowest BCUT2D eigenvalue weighted by atomic mass is 9.84. The van der Waals surface area contributed by atoms with Crippen molar-refractivity contribution in [1.82, 2.24) is 0 Å². The summed E-state index contributed by atoms with van der Waals surface area (Å²) in [5, 5.41) is -8.83. The Morgan fingerprint density at radius 3 is 0.953 bits per heavy atom. The van der Waals surface area contributed by atoms with E-state index in [0.29, 0.717) is 22.7 Å². The summed E-state index contributed by atoms with van der Waals surface area (Å²) < 4.78 is 464. The Labute approximate surface area is 579 Å². The van der Waals surface area contributed by atoms with Gasteiger partial charge < -0.3 is 0 Å². The van der Waals surface area contributed by atoms with Crippen molar-refractivity contribution in [1.29, 1.82) is 0 Å². The van der Waals surface area contributed by atoms with Gasteiger partial charge in [-0.1, -0.05) is 296 Å². The smallest absolute Gasteiger partial charge is 0.0638 e. The van der Waals surface area contributed by atoms with E-state index in [-0.39, 0.29) is 40.3 Å².